The molecule has 84 valence electrons. The highest BCUT2D eigenvalue weighted by Gasteiger charge is 2.05. The summed E-state index contributed by atoms with van der Waals surface area (Å²) >= 11 is 0. The van der Waals surface area contributed by atoms with E-state index in [0.29, 0.717) is 5.82 Å². The molecule has 0 aliphatic heterocycles. The van der Waals surface area contributed by atoms with Gasteiger partial charge in [-0.1, -0.05) is 36.9 Å². The van der Waals surface area contributed by atoms with Crippen LogP contribution in [0.2, 0.25) is 0 Å². The molecule has 17 heavy (non-hydrogen) atoms. The van der Waals surface area contributed by atoms with Crippen LogP contribution >= 0.6 is 0 Å². The minimum Gasteiger partial charge on any atom is -0.404 e. The Balaban J connectivity index is 2.29. The number of aromatic nitrogens is 2. The molecule has 0 saturated heterocycles. The van der Waals surface area contributed by atoms with Gasteiger partial charge in [-0.15, -0.1) is 0 Å². The molecule has 0 atom stereocenters. The lowest BCUT2D eigenvalue weighted by atomic mass is 10.2. The highest BCUT2D eigenvalue weighted by molar-refractivity contribution is 5.83. The molecule has 0 saturated carbocycles. The van der Waals surface area contributed by atoms with Gasteiger partial charge < -0.3 is 4.74 Å². The van der Waals surface area contributed by atoms with Crippen LogP contribution in [0.3, 0.4) is 0 Å². The molecule has 2 rings (SSSR count). The highest BCUT2D eigenvalue weighted by Crippen LogP contribution is 2.16. The van der Waals surface area contributed by atoms with Crippen molar-refractivity contribution in [1.82, 2.24) is 9.97 Å². The van der Waals surface area contributed by atoms with Gasteiger partial charge in [0.1, 0.15) is 0 Å². The molecule has 1 aromatic heterocycles. The van der Waals surface area contributed by atoms with Crippen LogP contribution in [-0.4, -0.2) is 15.9 Å². The fourth-order valence-electron chi connectivity index (χ4n) is 1.27. The lowest BCUT2D eigenvalue weighted by Crippen LogP contribution is -2.05. The van der Waals surface area contributed by atoms with E-state index in [9.17, 15) is 4.79 Å². The first-order chi connectivity index (χ1) is 8.29. The van der Waals surface area contributed by atoms with Crippen molar-refractivity contribution in [3.63, 3.8) is 0 Å². The number of esters is 1. The minimum atomic E-state index is -0.539. The van der Waals surface area contributed by atoms with Gasteiger partial charge in [0.05, 0.1) is 0 Å². The number of benzene rings is 1. The van der Waals surface area contributed by atoms with Crippen molar-refractivity contribution in [3.8, 4) is 17.3 Å². The zero-order valence-corrected chi connectivity index (χ0v) is 9.04. The third-order valence-corrected chi connectivity index (χ3v) is 2.03. The van der Waals surface area contributed by atoms with Gasteiger partial charge in [-0.2, -0.15) is 4.98 Å². The zero-order valence-electron chi connectivity index (χ0n) is 9.04. The first kappa shape index (κ1) is 11.0. The first-order valence-corrected chi connectivity index (χ1v) is 5.02. The van der Waals surface area contributed by atoms with Crippen LogP contribution in [0.1, 0.15) is 0 Å². The minimum absolute atomic E-state index is 0.212. The summed E-state index contributed by atoms with van der Waals surface area (Å²) < 4.78 is 4.92. The molecule has 2 aromatic rings. The quantitative estimate of drug-likeness (QED) is 0.595. The molecule has 0 bridgehead atoms. The van der Waals surface area contributed by atoms with Gasteiger partial charge in [0.15, 0.2) is 5.82 Å². The molecular formula is C13H10N2O2. The van der Waals surface area contributed by atoms with Crippen LogP contribution in [-0.2, 0) is 4.79 Å². The molecule has 0 amide bonds. The van der Waals surface area contributed by atoms with Crippen molar-refractivity contribution >= 4 is 5.97 Å². The third kappa shape index (κ3) is 2.75. The summed E-state index contributed by atoms with van der Waals surface area (Å²) in [5, 5.41) is 0. The molecule has 0 aliphatic carbocycles. The third-order valence-electron chi connectivity index (χ3n) is 2.03. The van der Waals surface area contributed by atoms with E-state index < -0.39 is 5.97 Å². The summed E-state index contributed by atoms with van der Waals surface area (Å²) in [6.45, 7) is 3.32. The van der Waals surface area contributed by atoms with E-state index >= 15 is 0 Å². The molecule has 0 radical (unpaired) electrons. The first-order valence-electron chi connectivity index (χ1n) is 5.02. The fraction of sp³-hybridized carbons (Fsp3) is 0. The SMILES string of the molecule is C=CC(=O)Oc1ccnc(-c2ccccc2)n1. The second kappa shape index (κ2) is 5.03. The van der Waals surface area contributed by atoms with E-state index in [4.69, 9.17) is 4.74 Å². The predicted octanol–water partition coefficient (Wildman–Crippen LogP) is 2.23. The Morgan fingerprint density at radius 1 is 1.24 bits per heavy atom. The van der Waals surface area contributed by atoms with Gasteiger partial charge in [-0.25, -0.2) is 9.78 Å². The number of hydrogen-bond donors (Lipinski definition) is 0. The number of hydrogen-bond acceptors (Lipinski definition) is 4. The highest BCUT2D eigenvalue weighted by atomic mass is 16.5. The van der Waals surface area contributed by atoms with E-state index in [-0.39, 0.29) is 5.88 Å². The van der Waals surface area contributed by atoms with Crippen LogP contribution in [0.15, 0.2) is 55.3 Å². The number of ether oxygens (including phenoxy) is 1. The summed E-state index contributed by atoms with van der Waals surface area (Å²) in [6, 6.07) is 11.0. The molecule has 0 aliphatic rings. The molecule has 0 spiro atoms. The Morgan fingerprint density at radius 3 is 2.71 bits per heavy atom. The summed E-state index contributed by atoms with van der Waals surface area (Å²) in [5.41, 5.74) is 0.865. The van der Waals surface area contributed by atoms with Crippen LogP contribution < -0.4 is 4.74 Å². The van der Waals surface area contributed by atoms with Gasteiger partial charge in [0.2, 0.25) is 5.88 Å². The van der Waals surface area contributed by atoms with Gasteiger partial charge in [0.25, 0.3) is 0 Å². The van der Waals surface area contributed by atoms with Gasteiger partial charge >= 0.3 is 5.97 Å². The molecule has 0 N–H and O–H groups in total. The average Bonchev–Trinajstić information content (AvgIpc) is 2.40. The van der Waals surface area contributed by atoms with Crippen molar-refractivity contribution in [2.24, 2.45) is 0 Å². The predicted molar refractivity (Wildman–Crippen MR) is 63.3 cm³/mol. The smallest absolute Gasteiger partial charge is 0.336 e. The summed E-state index contributed by atoms with van der Waals surface area (Å²) in [7, 11) is 0. The van der Waals surface area contributed by atoms with E-state index in [1.807, 2.05) is 30.3 Å². The fourth-order valence-corrected chi connectivity index (χ4v) is 1.27. The van der Waals surface area contributed by atoms with Crippen LogP contribution in [0, 0.1) is 0 Å². The molecule has 1 heterocycles. The standard InChI is InChI=1S/C13H10N2O2/c1-2-12(16)17-11-8-9-14-13(15-11)10-6-4-3-5-7-10/h2-9H,1H2. The Labute approximate surface area is 98.6 Å². The van der Waals surface area contributed by atoms with Gasteiger partial charge in [0, 0.05) is 23.9 Å². The van der Waals surface area contributed by atoms with Crippen molar-refractivity contribution in [3.05, 3.63) is 55.3 Å². The normalized spacial score (nSPS) is 9.65. The monoisotopic (exact) mass is 226 g/mol. The van der Waals surface area contributed by atoms with Crippen LogP contribution in [0.25, 0.3) is 11.4 Å². The van der Waals surface area contributed by atoms with E-state index in [0.717, 1.165) is 11.6 Å². The lowest BCUT2D eigenvalue weighted by molar-refractivity contribution is -0.129. The summed E-state index contributed by atoms with van der Waals surface area (Å²) in [4.78, 5) is 19.3. The molecule has 4 nitrogen and oxygen atoms in total. The largest absolute Gasteiger partial charge is 0.404 e. The molecular weight excluding hydrogens is 216 g/mol. The number of rotatable bonds is 3. The van der Waals surface area contributed by atoms with Crippen molar-refractivity contribution in [2.45, 2.75) is 0 Å². The number of nitrogens with zero attached hydrogens (tertiary/aromatic N) is 2. The topological polar surface area (TPSA) is 52.1 Å². The maximum atomic E-state index is 11.0. The van der Waals surface area contributed by atoms with Gasteiger partial charge in [-0.05, 0) is 0 Å². The van der Waals surface area contributed by atoms with E-state index in [2.05, 4.69) is 16.5 Å². The van der Waals surface area contributed by atoms with E-state index in [1.54, 1.807) is 6.20 Å². The molecule has 0 unspecified atom stereocenters. The number of carbonyl (C=O) groups is 1. The molecule has 1 aromatic carbocycles. The summed E-state index contributed by atoms with van der Waals surface area (Å²) in [6.07, 6.45) is 2.63. The maximum absolute atomic E-state index is 11.0. The Hall–Kier alpha value is -2.49. The Morgan fingerprint density at radius 2 is 2.00 bits per heavy atom. The molecule has 4 heteroatoms. The van der Waals surface area contributed by atoms with Crippen molar-refractivity contribution in [1.29, 1.82) is 0 Å². The van der Waals surface area contributed by atoms with Crippen LogP contribution in [0.4, 0.5) is 0 Å². The molecule has 0 fully saturated rings. The maximum Gasteiger partial charge on any atom is 0.336 e. The number of carbonyl (C=O) groups excluding carboxylic acids is 1. The summed E-state index contributed by atoms with van der Waals surface area (Å²) in [5.74, 6) is 0.187. The lowest BCUT2D eigenvalue weighted by Gasteiger charge is -2.02. The Bertz CT molecular complexity index is 538. The second-order valence-electron chi connectivity index (χ2n) is 3.21. The average molecular weight is 226 g/mol. The van der Waals surface area contributed by atoms with E-state index in [1.165, 1.54) is 6.07 Å². The van der Waals surface area contributed by atoms with Crippen molar-refractivity contribution < 1.29 is 9.53 Å². The van der Waals surface area contributed by atoms with Gasteiger partial charge in [-0.3, -0.25) is 0 Å². The second-order valence-corrected chi connectivity index (χ2v) is 3.21. The zero-order chi connectivity index (χ0) is 12.1. The Kier molecular flexibility index (Phi) is 3.25. The van der Waals surface area contributed by atoms with Crippen molar-refractivity contribution in [2.75, 3.05) is 0 Å². The van der Waals surface area contributed by atoms with Crippen LogP contribution in [0.5, 0.6) is 5.88 Å².